The summed E-state index contributed by atoms with van der Waals surface area (Å²) < 4.78 is 0. The quantitative estimate of drug-likeness (QED) is 0.709. The highest BCUT2D eigenvalue weighted by Gasteiger charge is 2.06. The Balaban J connectivity index is 2.46. The van der Waals surface area contributed by atoms with Crippen LogP contribution in [0.5, 0.6) is 0 Å². The maximum Gasteiger partial charge on any atom is 0.271 e. The summed E-state index contributed by atoms with van der Waals surface area (Å²) in [4.78, 5) is 19.8. The molecule has 0 radical (unpaired) electrons. The summed E-state index contributed by atoms with van der Waals surface area (Å²) >= 11 is 0. The molecule has 17 heavy (non-hydrogen) atoms. The van der Waals surface area contributed by atoms with Gasteiger partial charge in [-0.15, -0.1) is 0 Å². The molecule has 1 heterocycles. The third-order valence-corrected chi connectivity index (χ3v) is 2.26. The number of amides is 1. The van der Waals surface area contributed by atoms with Crippen LogP contribution in [-0.2, 0) is 0 Å². The van der Waals surface area contributed by atoms with Crippen LogP contribution >= 0.6 is 0 Å². The molecular formula is C12H20N4O. The third kappa shape index (κ3) is 4.80. The number of rotatable bonds is 7. The molecule has 1 aromatic heterocycles. The molecule has 0 unspecified atom stereocenters. The number of anilines is 1. The van der Waals surface area contributed by atoms with Gasteiger partial charge >= 0.3 is 0 Å². The van der Waals surface area contributed by atoms with Gasteiger partial charge in [-0.1, -0.05) is 20.3 Å². The van der Waals surface area contributed by atoms with E-state index in [0.29, 0.717) is 18.1 Å². The molecule has 2 N–H and O–H groups in total. The number of carbonyl (C=O) groups is 1. The van der Waals surface area contributed by atoms with E-state index in [2.05, 4.69) is 34.4 Å². The van der Waals surface area contributed by atoms with Gasteiger partial charge in [0.25, 0.3) is 5.91 Å². The minimum absolute atomic E-state index is 0.159. The zero-order valence-electron chi connectivity index (χ0n) is 10.5. The Morgan fingerprint density at radius 3 is 2.59 bits per heavy atom. The van der Waals surface area contributed by atoms with Gasteiger partial charge in [0, 0.05) is 13.1 Å². The van der Waals surface area contributed by atoms with Crippen LogP contribution in [0.4, 0.5) is 5.82 Å². The molecule has 1 rings (SSSR count). The van der Waals surface area contributed by atoms with Crippen molar-refractivity contribution >= 4 is 11.7 Å². The lowest BCUT2D eigenvalue weighted by Crippen LogP contribution is -2.25. The van der Waals surface area contributed by atoms with Crippen molar-refractivity contribution in [1.29, 1.82) is 0 Å². The van der Waals surface area contributed by atoms with Crippen molar-refractivity contribution in [3.8, 4) is 0 Å². The van der Waals surface area contributed by atoms with E-state index in [0.717, 1.165) is 25.8 Å². The number of aromatic nitrogens is 2. The highest BCUT2D eigenvalue weighted by Crippen LogP contribution is 2.01. The highest BCUT2D eigenvalue weighted by atomic mass is 16.1. The van der Waals surface area contributed by atoms with Crippen molar-refractivity contribution in [3.63, 3.8) is 0 Å². The molecule has 0 fully saturated rings. The van der Waals surface area contributed by atoms with Crippen molar-refractivity contribution in [2.24, 2.45) is 0 Å². The van der Waals surface area contributed by atoms with E-state index in [9.17, 15) is 4.79 Å². The Bertz CT molecular complexity index is 337. The summed E-state index contributed by atoms with van der Waals surface area (Å²) in [5.41, 5.74) is 0.364. The zero-order valence-corrected chi connectivity index (χ0v) is 10.5. The van der Waals surface area contributed by atoms with E-state index >= 15 is 0 Å². The molecule has 0 atom stereocenters. The van der Waals surface area contributed by atoms with Crippen LogP contribution in [0.25, 0.3) is 0 Å². The standard InChI is InChI=1S/C12H20N4O/c1-3-5-7-14-12(17)10-8-16-11(9-15-10)13-6-4-2/h8-9H,3-7H2,1-2H3,(H,13,16)(H,14,17). The third-order valence-electron chi connectivity index (χ3n) is 2.26. The van der Waals surface area contributed by atoms with Gasteiger partial charge in [0.1, 0.15) is 11.5 Å². The Kier molecular flexibility index (Phi) is 5.99. The molecule has 1 aromatic rings. The molecule has 0 aliphatic heterocycles. The van der Waals surface area contributed by atoms with Gasteiger partial charge in [0.15, 0.2) is 0 Å². The first-order valence-corrected chi connectivity index (χ1v) is 6.12. The van der Waals surface area contributed by atoms with Crippen LogP contribution in [0.1, 0.15) is 43.6 Å². The predicted molar refractivity (Wildman–Crippen MR) is 68.1 cm³/mol. The number of hydrogen-bond acceptors (Lipinski definition) is 4. The minimum Gasteiger partial charge on any atom is -0.369 e. The molecule has 0 aliphatic rings. The average Bonchev–Trinajstić information content (AvgIpc) is 2.37. The first kappa shape index (κ1) is 13.4. The van der Waals surface area contributed by atoms with E-state index in [1.165, 1.54) is 6.20 Å². The Hall–Kier alpha value is -1.65. The number of hydrogen-bond donors (Lipinski definition) is 2. The van der Waals surface area contributed by atoms with Crippen molar-refractivity contribution < 1.29 is 4.79 Å². The summed E-state index contributed by atoms with van der Waals surface area (Å²) in [5.74, 6) is 0.546. The van der Waals surface area contributed by atoms with Gasteiger partial charge in [-0.2, -0.15) is 0 Å². The monoisotopic (exact) mass is 236 g/mol. The normalized spacial score (nSPS) is 10.0. The first-order chi connectivity index (χ1) is 8.27. The number of nitrogens with zero attached hydrogens (tertiary/aromatic N) is 2. The molecule has 0 spiro atoms. The molecule has 0 aromatic carbocycles. The Morgan fingerprint density at radius 1 is 1.18 bits per heavy atom. The van der Waals surface area contributed by atoms with Gasteiger partial charge in [-0.05, 0) is 12.8 Å². The first-order valence-electron chi connectivity index (χ1n) is 6.12. The SMILES string of the molecule is CCCCNC(=O)c1cnc(NCCC)cn1. The number of nitrogens with one attached hydrogen (secondary N) is 2. The molecule has 0 saturated heterocycles. The maximum atomic E-state index is 11.6. The average molecular weight is 236 g/mol. The second-order valence-electron chi connectivity index (χ2n) is 3.82. The molecule has 0 bridgehead atoms. The van der Waals surface area contributed by atoms with E-state index in [4.69, 9.17) is 0 Å². The number of unbranched alkanes of at least 4 members (excludes halogenated alkanes) is 1. The summed E-state index contributed by atoms with van der Waals surface area (Å²) in [6.45, 7) is 5.71. The summed E-state index contributed by atoms with van der Waals surface area (Å²) in [5, 5.41) is 5.91. The van der Waals surface area contributed by atoms with Gasteiger partial charge in [0.2, 0.25) is 0 Å². The summed E-state index contributed by atoms with van der Waals surface area (Å²) in [6.07, 6.45) is 6.16. The highest BCUT2D eigenvalue weighted by molar-refractivity contribution is 5.91. The molecule has 0 aliphatic carbocycles. The topological polar surface area (TPSA) is 66.9 Å². The second-order valence-corrected chi connectivity index (χ2v) is 3.82. The lowest BCUT2D eigenvalue weighted by molar-refractivity contribution is 0.0948. The summed E-state index contributed by atoms with van der Waals surface area (Å²) in [6, 6.07) is 0. The Morgan fingerprint density at radius 2 is 2.00 bits per heavy atom. The lowest BCUT2D eigenvalue weighted by Gasteiger charge is -2.05. The number of carbonyl (C=O) groups excluding carboxylic acids is 1. The zero-order chi connectivity index (χ0) is 12.5. The van der Waals surface area contributed by atoms with Crippen LogP contribution in [0.15, 0.2) is 12.4 Å². The Labute approximate surface area is 102 Å². The van der Waals surface area contributed by atoms with Crippen molar-refractivity contribution in [2.75, 3.05) is 18.4 Å². The fraction of sp³-hybridized carbons (Fsp3) is 0.583. The van der Waals surface area contributed by atoms with E-state index < -0.39 is 0 Å². The fourth-order valence-corrected chi connectivity index (χ4v) is 1.26. The van der Waals surface area contributed by atoms with Crippen LogP contribution < -0.4 is 10.6 Å². The molecule has 5 heteroatoms. The molecule has 0 saturated carbocycles. The van der Waals surface area contributed by atoms with E-state index in [1.807, 2.05) is 0 Å². The van der Waals surface area contributed by atoms with Gasteiger partial charge in [0.05, 0.1) is 12.4 Å². The smallest absolute Gasteiger partial charge is 0.271 e. The van der Waals surface area contributed by atoms with Crippen molar-refractivity contribution in [3.05, 3.63) is 18.1 Å². The van der Waals surface area contributed by atoms with E-state index in [1.54, 1.807) is 6.20 Å². The molecule has 94 valence electrons. The summed E-state index contributed by atoms with van der Waals surface area (Å²) in [7, 11) is 0. The van der Waals surface area contributed by atoms with Crippen LogP contribution in [0, 0.1) is 0 Å². The van der Waals surface area contributed by atoms with Gasteiger partial charge in [-0.3, -0.25) is 4.79 Å². The molecular weight excluding hydrogens is 216 g/mol. The van der Waals surface area contributed by atoms with E-state index in [-0.39, 0.29) is 5.91 Å². The van der Waals surface area contributed by atoms with Crippen LogP contribution in [-0.4, -0.2) is 29.0 Å². The van der Waals surface area contributed by atoms with Crippen molar-refractivity contribution in [1.82, 2.24) is 15.3 Å². The lowest BCUT2D eigenvalue weighted by atomic mass is 10.3. The molecule has 1 amide bonds. The minimum atomic E-state index is -0.159. The largest absolute Gasteiger partial charge is 0.369 e. The van der Waals surface area contributed by atoms with Crippen molar-refractivity contribution in [2.45, 2.75) is 33.1 Å². The van der Waals surface area contributed by atoms with Crippen LogP contribution in [0.3, 0.4) is 0 Å². The van der Waals surface area contributed by atoms with Crippen LogP contribution in [0.2, 0.25) is 0 Å². The molecule has 5 nitrogen and oxygen atoms in total. The van der Waals surface area contributed by atoms with Gasteiger partial charge < -0.3 is 10.6 Å². The predicted octanol–water partition coefficient (Wildman–Crippen LogP) is 1.83. The van der Waals surface area contributed by atoms with Gasteiger partial charge in [-0.25, -0.2) is 9.97 Å². The fourth-order valence-electron chi connectivity index (χ4n) is 1.26. The second kappa shape index (κ2) is 7.60. The maximum absolute atomic E-state index is 11.6.